The third-order valence-electron chi connectivity index (χ3n) is 5.52. The maximum absolute atomic E-state index is 5.53. The van der Waals surface area contributed by atoms with Crippen molar-refractivity contribution in [1.29, 1.82) is 0 Å². The number of rotatable bonds is 6. The van der Waals surface area contributed by atoms with E-state index in [4.69, 9.17) is 4.74 Å². The van der Waals surface area contributed by atoms with Gasteiger partial charge < -0.3 is 9.30 Å². The second-order valence-corrected chi connectivity index (χ2v) is 8.02. The van der Waals surface area contributed by atoms with Crippen molar-refractivity contribution in [3.8, 4) is 23.0 Å². The van der Waals surface area contributed by atoms with Crippen LogP contribution in [-0.4, -0.2) is 31.8 Å². The molecule has 0 spiro atoms. The maximum Gasteiger partial charge on any atom is 0.238 e. The highest BCUT2D eigenvalue weighted by Gasteiger charge is 2.14. The van der Waals surface area contributed by atoms with Crippen LogP contribution >= 0.6 is 0 Å². The predicted octanol–water partition coefficient (Wildman–Crippen LogP) is 5.00. The first kappa shape index (κ1) is 20.7. The molecule has 0 bridgehead atoms. The minimum atomic E-state index is 0.371. The summed E-state index contributed by atoms with van der Waals surface area (Å²) in [6.07, 6.45) is 4.54. The summed E-state index contributed by atoms with van der Waals surface area (Å²) in [5, 5.41) is 9.00. The molecule has 1 aromatic carbocycles. The summed E-state index contributed by atoms with van der Waals surface area (Å²) in [6.45, 7) is 8.36. The van der Waals surface area contributed by atoms with Gasteiger partial charge in [0.15, 0.2) is 0 Å². The molecule has 0 fully saturated rings. The van der Waals surface area contributed by atoms with Crippen molar-refractivity contribution in [1.82, 2.24) is 24.7 Å². The van der Waals surface area contributed by atoms with Gasteiger partial charge in [-0.3, -0.25) is 0 Å². The van der Waals surface area contributed by atoms with Gasteiger partial charge in [-0.2, -0.15) is 5.10 Å². The molecule has 0 unspecified atom stereocenters. The van der Waals surface area contributed by atoms with Crippen molar-refractivity contribution in [2.24, 2.45) is 0 Å². The third-order valence-corrected chi connectivity index (χ3v) is 5.52. The van der Waals surface area contributed by atoms with Crippen LogP contribution < -0.4 is 4.74 Å². The molecule has 4 aromatic rings. The summed E-state index contributed by atoms with van der Waals surface area (Å²) in [5.74, 6) is 0.891. The molecule has 0 radical (unpaired) electrons. The van der Waals surface area contributed by atoms with Gasteiger partial charge in [0.05, 0.1) is 30.5 Å². The summed E-state index contributed by atoms with van der Waals surface area (Å²) in [6, 6.07) is 14.6. The Labute approximate surface area is 183 Å². The number of aromatic nitrogens is 5. The molecule has 0 saturated carbocycles. The fourth-order valence-corrected chi connectivity index (χ4v) is 3.62. The highest BCUT2D eigenvalue weighted by atomic mass is 16.5. The predicted molar refractivity (Wildman–Crippen MR) is 122 cm³/mol. The van der Waals surface area contributed by atoms with Crippen molar-refractivity contribution >= 4 is 0 Å². The van der Waals surface area contributed by atoms with Crippen LogP contribution in [0, 0.1) is 20.8 Å². The van der Waals surface area contributed by atoms with E-state index in [0.29, 0.717) is 11.8 Å². The van der Waals surface area contributed by atoms with Gasteiger partial charge in [0.2, 0.25) is 5.88 Å². The molecule has 3 heterocycles. The lowest BCUT2D eigenvalue weighted by Gasteiger charge is -2.14. The zero-order valence-corrected chi connectivity index (χ0v) is 18.6. The van der Waals surface area contributed by atoms with Crippen molar-refractivity contribution in [2.75, 3.05) is 7.11 Å². The fourth-order valence-electron chi connectivity index (χ4n) is 3.62. The van der Waals surface area contributed by atoms with Gasteiger partial charge in [-0.05, 0) is 62.4 Å². The molecule has 0 N–H and O–H groups in total. The van der Waals surface area contributed by atoms with E-state index in [1.807, 2.05) is 35.9 Å². The average Bonchev–Trinajstić information content (AvgIpc) is 3.21. The Morgan fingerprint density at radius 1 is 0.968 bits per heavy atom. The number of hydrogen-bond donors (Lipinski definition) is 0. The number of hydrogen-bond acceptors (Lipinski definition) is 5. The van der Waals surface area contributed by atoms with Crippen LogP contribution in [-0.2, 0) is 6.42 Å². The lowest BCUT2D eigenvalue weighted by molar-refractivity contribution is 0.396. The number of imidazole rings is 1. The highest BCUT2D eigenvalue weighted by molar-refractivity contribution is 5.59. The second-order valence-electron chi connectivity index (χ2n) is 8.02. The molecule has 0 saturated heterocycles. The summed E-state index contributed by atoms with van der Waals surface area (Å²) < 4.78 is 7.43. The molecule has 4 rings (SSSR count). The highest BCUT2D eigenvalue weighted by Crippen LogP contribution is 2.27. The van der Waals surface area contributed by atoms with Crippen molar-refractivity contribution in [3.63, 3.8) is 0 Å². The molecule has 158 valence electrons. The van der Waals surface area contributed by atoms with Crippen LogP contribution in [0.5, 0.6) is 5.88 Å². The largest absolute Gasteiger partial charge is 0.479 e. The van der Waals surface area contributed by atoms with Gasteiger partial charge in [0.25, 0.3) is 0 Å². The molecular formula is C25H27N5O. The summed E-state index contributed by atoms with van der Waals surface area (Å²) in [5.41, 5.74) is 7.93. The fraction of sp³-hybridized carbons (Fsp3) is 0.280. The van der Waals surface area contributed by atoms with Crippen LogP contribution in [0.1, 0.15) is 40.9 Å². The summed E-state index contributed by atoms with van der Waals surface area (Å²) >= 11 is 0. The van der Waals surface area contributed by atoms with E-state index >= 15 is 0 Å². The number of ether oxygens (including phenoxy) is 1. The van der Waals surface area contributed by atoms with Crippen LogP contribution in [0.25, 0.3) is 17.1 Å². The van der Waals surface area contributed by atoms with Crippen molar-refractivity contribution in [3.05, 3.63) is 83.1 Å². The first-order valence-corrected chi connectivity index (χ1v) is 10.4. The number of methoxy groups -OCH3 is 1. The molecule has 0 aliphatic heterocycles. The van der Waals surface area contributed by atoms with Crippen LogP contribution in [0.15, 0.2) is 55.0 Å². The molecule has 1 atom stereocenters. The van der Waals surface area contributed by atoms with Gasteiger partial charge in [0, 0.05) is 6.20 Å². The van der Waals surface area contributed by atoms with Gasteiger partial charge >= 0.3 is 0 Å². The summed E-state index contributed by atoms with van der Waals surface area (Å²) in [4.78, 5) is 8.94. The van der Waals surface area contributed by atoms with Crippen LogP contribution in [0.2, 0.25) is 0 Å². The van der Waals surface area contributed by atoms with Crippen molar-refractivity contribution in [2.45, 2.75) is 40.0 Å². The van der Waals surface area contributed by atoms with E-state index in [9.17, 15) is 0 Å². The quantitative estimate of drug-likeness (QED) is 0.445. The number of nitrogens with zero attached hydrogens (tertiary/aromatic N) is 5. The van der Waals surface area contributed by atoms with Gasteiger partial charge in [-0.25, -0.2) is 9.97 Å². The Bertz CT molecular complexity index is 1200. The van der Waals surface area contributed by atoms with Gasteiger partial charge in [-0.1, -0.05) is 36.8 Å². The molecule has 0 amide bonds. The second kappa shape index (κ2) is 8.68. The zero-order valence-electron chi connectivity index (χ0n) is 18.6. The van der Waals surface area contributed by atoms with Crippen molar-refractivity contribution < 1.29 is 4.74 Å². The first-order valence-electron chi connectivity index (χ1n) is 10.4. The monoisotopic (exact) mass is 413 g/mol. The Balaban J connectivity index is 1.58. The smallest absolute Gasteiger partial charge is 0.238 e. The van der Waals surface area contributed by atoms with E-state index in [1.165, 1.54) is 11.1 Å². The lowest BCUT2D eigenvalue weighted by Crippen LogP contribution is -2.05. The molecule has 0 aliphatic rings. The number of aryl methyl sites for hydroxylation is 3. The topological polar surface area (TPSA) is 65.7 Å². The maximum atomic E-state index is 5.53. The zero-order chi connectivity index (χ0) is 22.0. The summed E-state index contributed by atoms with van der Waals surface area (Å²) in [7, 11) is 1.62. The van der Waals surface area contributed by atoms with E-state index in [2.05, 4.69) is 65.2 Å². The minimum Gasteiger partial charge on any atom is -0.479 e. The van der Waals surface area contributed by atoms with Gasteiger partial charge in [-0.15, -0.1) is 5.10 Å². The molecule has 31 heavy (non-hydrogen) atoms. The average molecular weight is 414 g/mol. The standard InChI is InChI=1S/C25H27N5O/c1-16-6-8-20(9-7-16)17(2)12-22-18(3)13-23(29-28-22)21-10-11-24(25(27-21)31-5)30-14-19(4)26-15-30/h6-11,13-15,17H,12H2,1-5H3/t17-/m0/s1. The Kier molecular flexibility index (Phi) is 5.80. The minimum absolute atomic E-state index is 0.371. The van der Waals surface area contributed by atoms with Crippen LogP contribution in [0.4, 0.5) is 0 Å². The first-order chi connectivity index (χ1) is 14.9. The van der Waals surface area contributed by atoms with E-state index < -0.39 is 0 Å². The van der Waals surface area contributed by atoms with Gasteiger partial charge in [0.1, 0.15) is 11.4 Å². The normalized spacial score (nSPS) is 12.0. The molecule has 6 nitrogen and oxygen atoms in total. The SMILES string of the molecule is COc1nc(-c2cc(C)c(C[C@H](C)c3ccc(C)cc3)nn2)ccc1-n1cnc(C)c1. The van der Waals surface area contributed by atoms with E-state index in [0.717, 1.165) is 40.4 Å². The Morgan fingerprint density at radius 3 is 2.39 bits per heavy atom. The van der Waals surface area contributed by atoms with E-state index in [1.54, 1.807) is 13.4 Å². The third kappa shape index (κ3) is 4.48. The molecular weight excluding hydrogens is 386 g/mol. The molecule has 3 aromatic heterocycles. The van der Waals surface area contributed by atoms with E-state index in [-0.39, 0.29) is 0 Å². The number of pyridine rings is 1. The number of benzene rings is 1. The Morgan fingerprint density at radius 2 is 1.74 bits per heavy atom. The lowest BCUT2D eigenvalue weighted by atomic mass is 9.94. The molecule has 0 aliphatic carbocycles. The van der Waals surface area contributed by atoms with Crippen LogP contribution in [0.3, 0.4) is 0 Å². The molecule has 6 heteroatoms. The Hall–Kier alpha value is -3.54.